The summed E-state index contributed by atoms with van der Waals surface area (Å²) >= 11 is 0. The largest absolute Gasteiger partial charge is 0.322 e. The van der Waals surface area contributed by atoms with Crippen molar-refractivity contribution in [1.82, 2.24) is 9.78 Å². The minimum atomic E-state index is -0.139. The van der Waals surface area contributed by atoms with Crippen molar-refractivity contribution in [3.63, 3.8) is 0 Å². The smallest absolute Gasteiger partial charge is 0.256 e. The van der Waals surface area contributed by atoms with Crippen LogP contribution >= 0.6 is 0 Å². The molecule has 142 valence electrons. The molecular formula is C25H21N3O. The zero-order valence-corrected chi connectivity index (χ0v) is 15.9. The lowest BCUT2D eigenvalue weighted by Crippen LogP contribution is -2.13. The first-order chi connectivity index (χ1) is 14.3. The molecule has 1 amide bonds. The van der Waals surface area contributed by atoms with Crippen LogP contribution in [0.1, 0.15) is 16.7 Å². The fraction of sp³-hybridized carbons (Fsp3) is 0.0400. The van der Waals surface area contributed by atoms with Gasteiger partial charge in [-0.2, -0.15) is 5.10 Å². The molecule has 0 bridgehead atoms. The Morgan fingerprint density at radius 3 is 2.21 bits per heavy atom. The molecular weight excluding hydrogens is 358 g/mol. The number of carbonyl (C=O) groups is 1. The molecule has 0 unspecified atom stereocenters. The van der Waals surface area contributed by atoms with Crippen LogP contribution in [0.5, 0.6) is 0 Å². The van der Waals surface area contributed by atoms with Gasteiger partial charge in [-0.05, 0) is 41.0 Å². The third-order valence-corrected chi connectivity index (χ3v) is 4.56. The molecule has 0 spiro atoms. The van der Waals surface area contributed by atoms with Gasteiger partial charge in [0.05, 0.1) is 6.54 Å². The summed E-state index contributed by atoms with van der Waals surface area (Å²) in [5, 5.41) is 7.24. The molecule has 1 aromatic heterocycles. The molecule has 1 heterocycles. The molecule has 0 aliphatic carbocycles. The van der Waals surface area contributed by atoms with Gasteiger partial charge in [-0.3, -0.25) is 9.48 Å². The van der Waals surface area contributed by atoms with Crippen molar-refractivity contribution in [2.75, 3.05) is 5.32 Å². The Morgan fingerprint density at radius 2 is 1.55 bits per heavy atom. The first-order valence-corrected chi connectivity index (χ1v) is 9.48. The van der Waals surface area contributed by atoms with Crippen molar-refractivity contribution < 1.29 is 4.79 Å². The molecule has 1 N–H and O–H groups in total. The maximum Gasteiger partial charge on any atom is 0.256 e. The van der Waals surface area contributed by atoms with Crippen molar-refractivity contribution in [3.8, 4) is 0 Å². The number of nitrogens with one attached hydrogen (secondary N) is 1. The van der Waals surface area contributed by atoms with Crippen LogP contribution in [-0.2, 0) is 11.3 Å². The number of anilines is 1. The van der Waals surface area contributed by atoms with E-state index in [1.807, 2.05) is 108 Å². The van der Waals surface area contributed by atoms with Gasteiger partial charge in [-0.15, -0.1) is 0 Å². The summed E-state index contributed by atoms with van der Waals surface area (Å²) in [5.74, 6) is -0.139. The Bertz CT molecular complexity index is 1080. The molecule has 0 aliphatic heterocycles. The Kier molecular flexibility index (Phi) is 5.63. The lowest BCUT2D eigenvalue weighted by Gasteiger charge is -2.11. The predicted molar refractivity (Wildman–Crippen MR) is 117 cm³/mol. The van der Waals surface area contributed by atoms with Gasteiger partial charge < -0.3 is 5.32 Å². The molecule has 4 nitrogen and oxygen atoms in total. The third-order valence-electron chi connectivity index (χ3n) is 4.56. The molecule has 29 heavy (non-hydrogen) atoms. The van der Waals surface area contributed by atoms with Crippen molar-refractivity contribution in [1.29, 1.82) is 0 Å². The van der Waals surface area contributed by atoms with Crippen LogP contribution in [0.3, 0.4) is 0 Å². The number of aromatic nitrogens is 2. The van der Waals surface area contributed by atoms with E-state index >= 15 is 0 Å². The number of benzene rings is 3. The van der Waals surface area contributed by atoms with Gasteiger partial charge in [0.1, 0.15) is 0 Å². The molecule has 0 atom stereocenters. The number of hydrogen-bond acceptors (Lipinski definition) is 2. The van der Waals surface area contributed by atoms with E-state index in [1.165, 1.54) is 0 Å². The van der Waals surface area contributed by atoms with Crippen LogP contribution in [0.25, 0.3) is 11.6 Å². The minimum Gasteiger partial charge on any atom is -0.322 e. The number of nitrogens with zero attached hydrogens (tertiary/aromatic N) is 2. The van der Waals surface area contributed by atoms with Crippen LogP contribution in [0.15, 0.2) is 103 Å². The monoisotopic (exact) mass is 379 g/mol. The summed E-state index contributed by atoms with van der Waals surface area (Å²) in [6.45, 7) is 0.699. The Morgan fingerprint density at radius 1 is 0.862 bits per heavy atom. The normalized spacial score (nSPS) is 11.2. The highest BCUT2D eigenvalue weighted by atomic mass is 16.1. The summed E-state index contributed by atoms with van der Waals surface area (Å²) in [7, 11) is 0. The standard InChI is InChI=1S/C25H21N3O/c29-25(27-23-14-12-21(13-15-23)19-28-17-7-16-26-28)24(22-10-5-2-6-11-22)18-20-8-3-1-4-9-20/h1-18H,19H2,(H,27,29)/b24-18+. The van der Waals surface area contributed by atoms with Gasteiger partial charge in [0, 0.05) is 23.7 Å². The lowest BCUT2D eigenvalue weighted by atomic mass is 10.0. The van der Waals surface area contributed by atoms with Gasteiger partial charge in [-0.25, -0.2) is 0 Å². The minimum absolute atomic E-state index is 0.139. The van der Waals surface area contributed by atoms with Gasteiger partial charge in [-0.1, -0.05) is 72.8 Å². The van der Waals surface area contributed by atoms with E-state index in [9.17, 15) is 4.79 Å². The van der Waals surface area contributed by atoms with Crippen molar-refractivity contribution in [2.45, 2.75) is 6.54 Å². The number of amides is 1. The summed E-state index contributed by atoms with van der Waals surface area (Å²) in [5.41, 5.74) is 4.36. The zero-order chi connectivity index (χ0) is 19.9. The second-order valence-electron chi connectivity index (χ2n) is 6.69. The quantitative estimate of drug-likeness (QED) is 0.374. The molecule has 0 saturated carbocycles. The van der Waals surface area contributed by atoms with Crippen LogP contribution in [0.2, 0.25) is 0 Å². The van der Waals surface area contributed by atoms with E-state index in [-0.39, 0.29) is 5.91 Å². The van der Waals surface area contributed by atoms with Crippen molar-refractivity contribution in [3.05, 3.63) is 120 Å². The molecule has 0 fully saturated rings. The van der Waals surface area contributed by atoms with E-state index in [4.69, 9.17) is 0 Å². The average molecular weight is 379 g/mol. The Hall–Kier alpha value is -3.92. The topological polar surface area (TPSA) is 46.9 Å². The SMILES string of the molecule is O=C(Nc1ccc(Cn2cccn2)cc1)/C(=C/c1ccccc1)c1ccccc1. The fourth-order valence-corrected chi connectivity index (χ4v) is 3.09. The van der Waals surface area contributed by atoms with Crippen LogP contribution in [-0.4, -0.2) is 15.7 Å². The summed E-state index contributed by atoms with van der Waals surface area (Å²) < 4.78 is 1.86. The van der Waals surface area contributed by atoms with Gasteiger partial charge in [0.25, 0.3) is 5.91 Å². The number of rotatable bonds is 6. The average Bonchev–Trinajstić information content (AvgIpc) is 3.28. The third kappa shape index (κ3) is 4.87. The molecule has 4 rings (SSSR count). The van der Waals surface area contributed by atoms with Gasteiger partial charge in [0.15, 0.2) is 0 Å². The Balaban J connectivity index is 1.54. The first-order valence-electron chi connectivity index (χ1n) is 9.48. The highest BCUT2D eigenvalue weighted by Crippen LogP contribution is 2.21. The first kappa shape index (κ1) is 18.4. The molecule has 0 saturated heterocycles. The fourth-order valence-electron chi connectivity index (χ4n) is 3.09. The van der Waals surface area contributed by atoms with E-state index in [0.29, 0.717) is 12.1 Å². The molecule has 0 aliphatic rings. The van der Waals surface area contributed by atoms with E-state index in [2.05, 4.69) is 10.4 Å². The van der Waals surface area contributed by atoms with Crippen molar-refractivity contribution in [2.24, 2.45) is 0 Å². The van der Waals surface area contributed by atoms with E-state index in [1.54, 1.807) is 6.20 Å². The van der Waals surface area contributed by atoms with E-state index < -0.39 is 0 Å². The number of hydrogen-bond donors (Lipinski definition) is 1. The van der Waals surface area contributed by atoms with Gasteiger partial charge >= 0.3 is 0 Å². The molecule has 3 aromatic carbocycles. The number of carbonyl (C=O) groups excluding carboxylic acids is 1. The summed E-state index contributed by atoms with van der Waals surface area (Å²) in [6.07, 6.45) is 5.60. The van der Waals surface area contributed by atoms with Crippen LogP contribution < -0.4 is 5.32 Å². The molecule has 4 heteroatoms. The van der Waals surface area contributed by atoms with Crippen LogP contribution in [0, 0.1) is 0 Å². The summed E-state index contributed by atoms with van der Waals surface area (Å²) in [4.78, 5) is 13.1. The zero-order valence-electron chi connectivity index (χ0n) is 15.9. The highest BCUT2D eigenvalue weighted by Gasteiger charge is 2.12. The Labute approximate surface area is 170 Å². The predicted octanol–water partition coefficient (Wildman–Crippen LogP) is 5.11. The van der Waals surface area contributed by atoms with Crippen molar-refractivity contribution >= 4 is 23.2 Å². The summed E-state index contributed by atoms with van der Waals surface area (Å²) in [6, 6.07) is 29.3. The second-order valence-corrected chi connectivity index (χ2v) is 6.69. The van der Waals surface area contributed by atoms with E-state index in [0.717, 1.165) is 22.4 Å². The maximum atomic E-state index is 13.1. The highest BCUT2D eigenvalue weighted by molar-refractivity contribution is 6.29. The lowest BCUT2D eigenvalue weighted by molar-refractivity contribution is -0.111. The molecule has 0 radical (unpaired) electrons. The molecule has 4 aromatic rings. The van der Waals surface area contributed by atoms with Gasteiger partial charge in [0.2, 0.25) is 0 Å². The maximum absolute atomic E-state index is 13.1. The van der Waals surface area contributed by atoms with Crippen LogP contribution in [0.4, 0.5) is 5.69 Å². The second kappa shape index (κ2) is 8.85.